The Labute approximate surface area is 72.6 Å². The predicted octanol–water partition coefficient (Wildman–Crippen LogP) is 0.803. The number of hydrogen-bond acceptors (Lipinski definition) is 3. The molecule has 0 aliphatic carbocycles. The fourth-order valence-electron chi connectivity index (χ4n) is 1.12. The van der Waals surface area contributed by atoms with Crippen molar-refractivity contribution in [3.8, 4) is 0 Å². The number of carbonyl (C=O) groups is 1. The smallest absolute Gasteiger partial charge is 0.260 e. The van der Waals surface area contributed by atoms with Gasteiger partial charge in [0.05, 0.1) is 0 Å². The van der Waals surface area contributed by atoms with Crippen molar-refractivity contribution in [1.82, 2.24) is 9.38 Å². The van der Waals surface area contributed by atoms with Gasteiger partial charge in [0, 0.05) is 18.1 Å². The van der Waals surface area contributed by atoms with E-state index in [4.69, 9.17) is 5.73 Å². The summed E-state index contributed by atoms with van der Waals surface area (Å²) in [6.07, 6.45) is 3.51. The number of thiazole rings is 1. The van der Waals surface area contributed by atoms with Crippen LogP contribution in [0.25, 0.3) is 4.96 Å². The molecule has 0 aliphatic rings. The summed E-state index contributed by atoms with van der Waals surface area (Å²) in [5.74, 6) is -0.386. The second-order valence-electron chi connectivity index (χ2n) is 2.46. The van der Waals surface area contributed by atoms with Crippen LogP contribution in [0.4, 0.5) is 0 Å². The van der Waals surface area contributed by atoms with Crippen LogP contribution < -0.4 is 5.73 Å². The molecule has 2 aromatic heterocycles. The fourth-order valence-corrected chi connectivity index (χ4v) is 2.06. The monoisotopic (exact) mass is 181 g/mol. The summed E-state index contributed by atoms with van der Waals surface area (Å²) in [6.45, 7) is 1.85. The Balaban J connectivity index is 2.78. The van der Waals surface area contributed by atoms with Crippen molar-refractivity contribution in [2.45, 2.75) is 6.92 Å². The van der Waals surface area contributed by atoms with Gasteiger partial charge < -0.3 is 5.73 Å². The molecule has 0 aliphatic heterocycles. The lowest BCUT2D eigenvalue weighted by Gasteiger charge is -1.90. The highest BCUT2D eigenvalue weighted by atomic mass is 32.1. The minimum absolute atomic E-state index is 0.386. The molecule has 0 radical (unpaired) electrons. The van der Waals surface area contributed by atoms with Gasteiger partial charge in [-0.25, -0.2) is 4.98 Å². The molecule has 0 saturated carbocycles. The van der Waals surface area contributed by atoms with Gasteiger partial charge in [0.25, 0.3) is 5.91 Å². The van der Waals surface area contributed by atoms with Crippen LogP contribution in [-0.4, -0.2) is 15.3 Å². The molecular weight excluding hydrogens is 174 g/mol. The lowest BCUT2D eigenvalue weighted by atomic mass is 10.4. The number of fused-ring (bicyclic) bond motifs is 1. The van der Waals surface area contributed by atoms with E-state index < -0.39 is 0 Å². The van der Waals surface area contributed by atoms with Crippen LogP contribution in [-0.2, 0) is 0 Å². The first-order valence-electron chi connectivity index (χ1n) is 3.42. The average Bonchev–Trinajstić information content (AvgIpc) is 2.53. The van der Waals surface area contributed by atoms with E-state index in [0.717, 1.165) is 10.7 Å². The maximum absolute atomic E-state index is 10.9. The molecule has 4 nitrogen and oxygen atoms in total. The standard InChI is InChI=1S/C7H7N3OS/c1-4-5(6(8)11)12-7-9-2-3-10(4)7/h2-3H,1H3,(H2,8,11). The highest BCUT2D eigenvalue weighted by Crippen LogP contribution is 2.20. The van der Waals surface area contributed by atoms with Crippen LogP contribution in [0.1, 0.15) is 15.4 Å². The number of aryl methyl sites for hydroxylation is 1. The molecule has 1 amide bonds. The van der Waals surface area contributed by atoms with Gasteiger partial charge in [0.1, 0.15) is 4.88 Å². The molecule has 2 heterocycles. The number of nitrogens with zero attached hydrogens (tertiary/aromatic N) is 2. The lowest BCUT2D eigenvalue weighted by molar-refractivity contribution is 0.100. The van der Waals surface area contributed by atoms with Gasteiger partial charge in [0.15, 0.2) is 4.96 Å². The number of rotatable bonds is 1. The number of carbonyl (C=O) groups excluding carboxylic acids is 1. The molecule has 0 bridgehead atoms. The first-order valence-corrected chi connectivity index (χ1v) is 4.24. The van der Waals surface area contributed by atoms with Crippen molar-refractivity contribution in [2.24, 2.45) is 5.73 Å². The van der Waals surface area contributed by atoms with Crippen molar-refractivity contribution in [2.75, 3.05) is 0 Å². The highest BCUT2D eigenvalue weighted by molar-refractivity contribution is 7.19. The average molecular weight is 181 g/mol. The second kappa shape index (κ2) is 2.31. The van der Waals surface area contributed by atoms with E-state index >= 15 is 0 Å². The van der Waals surface area contributed by atoms with Gasteiger partial charge in [-0.05, 0) is 6.92 Å². The van der Waals surface area contributed by atoms with E-state index in [1.165, 1.54) is 11.3 Å². The zero-order valence-electron chi connectivity index (χ0n) is 6.44. The molecule has 0 fully saturated rings. The van der Waals surface area contributed by atoms with E-state index in [0.29, 0.717) is 4.88 Å². The molecule has 2 rings (SSSR count). The van der Waals surface area contributed by atoms with Crippen LogP contribution in [0.2, 0.25) is 0 Å². The SMILES string of the molecule is Cc1c(C(N)=O)sc2nccn12. The zero-order valence-corrected chi connectivity index (χ0v) is 7.26. The van der Waals surface area contributed by atoms with E-state index in [1.807, 2.05) is 17.5 Å². The summed E-state index contributed by atoms with van der Waals surface area (Å²) in [7, 11) is 0. The van der Waals surface area contributed by atoms with Crippen LogP contribution in [0, 0.1) is 6.92 Å². The van der Waals surface area contributed by atoms with Crippen LogP contribution in [0.5, 0.6) is 0 Å². The van der Waals surface area contributed by atoms with Crippen LogP contribution in [0.15, 0.2) is 12.4 Å². The van der Waals surface area contributed by atoms with E-state index in [9.17, 15) is 4.79 Å². The molecule has 2 N–H and O–H groups in total. The summed E-state index contributed by atoms with van der Waals surface area (Å²) in [6, 6.07) is 0. The summed E-state index contributed by atoms with van der Waals surface area (Å²) < 4.78 is 1.85. The molecule has 0 saturated heterocycles. The number of primary amides is 1. The van der Waals surface area contributed by atoms with Gasteiger partial charge in [0.2, 0.25) is 0 Å². The Kier molecular flexibility index (Phi) is 1.41. The van der Waals surface area contributed by atoms with Gasteiger partial charge in [-0.1, -0.05) is 11.3 Å². The van der Waals surface area contributed by atoms with Gasteiger partial charge in [-0.3, -0.25) is 9.20 Å². The predicted molar refractivity (Wildman–Crippen MR) is 46.3 cm³/mol. The van der Waals surface area contributed by atoms with Crippen molar-refractivity contribution >= 4 is 22.2 Å². The molecular formula is C7H7N3OS. The van der Waals surface area contributed by atoms with Crippen molar-refractivity contribution in [3.05, 3.63) is 23.0 Å². The van der Waals surface area contributed by atoms with E-state index in [1.54, 1.807) is 6.20 Å². The van der Waals surface area contributed by atoms with E-state index in [2.05, 4.69) is 4.98 Å². The highest BCUT2D eigenvalue weighted by Gasteiger charge is 2.12. The topological polar surface area (TPSA) is 60.4 Å². The number of amides is 1. The molecule has 2 aromatic rings. The molecule has 5 heteroatoms. The third-order valence-electron chi connectivity index (χ3n) is 1.71. The van der Waals surface area contributed by atoms with Crippen molar-refractivity contribution in [1.29, 1.82) is 0 Å². The Hall–Kier alpha value is -1.36. The molecule has 0 unspecified atom stereocenters. The normalized spacial score (nSPS) is 10.8. The number of aromatic nitrogens is 2. The third kappa shape index (κ3) is 0.831. The molecule has 0 spiro atoms. The largest absolute Gasteiger partial charge is 0.365 e. The van der Waals surface area contributed by atoms with Gasteiger partial charge in [-0.15, -0.1) is 0 Å². The number of nitrogens with two attached hydrogens (primary N) is 1. The minimum atomic E-state index is -0.386. The van der Waals surface area contributed by atoms with E-state index in [-0.39, 0.29) is 5.91 Å². The Bertz CT molecular complexity index is 442. The first kappa shape index (κ1) is 7.30. The summed E-state index contributed by atoms with van der Waals surface area (Å²) in [4.78, 5) is 16.3. The van der Waals surface area contributed by atoms with Gasteiger partial charge in [-0.2, -0.15) is 0 Å². The zero-order chi connectivity index (χ0) is 8.72. The lowest BCUT2D eigenvalue weighted by Crippen LogP contribution is -2.10. The van der Waals surface area contributed by atoms with Crippen molar-refractivity contribution < 1.29 is 4.79 Å². The summed E-state index contributed by atoms with van der Waals surface area (Å²) >= 11 is 1.32. The number of hydrogen-bond donors (Lipinski definition) is 1. The van der Waals surface area contributed by atoms with Gasteiger partial charge >= 0.3 is 0 Å². The Morgan fingerprint density at radius 1 is 1.75 bits per heavy atom. The maximum Gasteiger partial charge on any atom is 0.260 e. The third-order valence-corrected chi connectivity index (χ3v) is 2.90. The summed E-state index contributed by atoms with van der Waals surface area (Å²) in [5, 5.41) is 0. The number of imidazole rings is 1. The fraction of sp³-hybridized carbons (Fsp3) is 0.143. The maximum atomic E-state index is 10.9. The van der Waals surface area contributed by atoms with Crippen LogP contribution in [0.3, 0.4) is 0 Å². The second-order valence-corrected chi connectivity index (χ2v) is 3.44. The van der Waals surface area contributed by atoms with Crippen molar-refractivity contribution in [3.63, 3.8) is 0 Å². The first-order chi connectivity index (χ1) is 5.70. The molecule has 0 aromatic carbocycles. The Morgan fingerprint density at radius 2 is 2.50 bits per heavy atom. The minimum Gasteiger partial charge on any atom is -0.365 e. The molecule has 0 atom stereocenters. The summed E-state index contributed by atoms with van der Waals surface area (Å²) in [5.41, 5.74) is 6.03. The van der Waals surface area contributed by atoms with Crippen LogP contribution >= 0.6 is 11.3 Å². The molecule has 62 valence electrons. The quantitative estimate of drug-likeness (QED) is 0.707. The molecule has 12 heavy (non-hydrogen) atoms. The Morgan fingerprint density at radius 3 is 3.08 bits per heavy atom.